The number of benzene rings is 2. The molecule has 1 amide bonds. The van der Waals surface area contributed by atoms with E-state index in [1.54, 1.807) is 30.5 Å². The molecule has 2 aromatic carbocycles. The molecule has 5 heteroatoms. The summed E-state index contributed by atoms with van der Waals surface area (Å²) in [5, 5.41) is 5.94. The molecule has 0 atom stereocenters. The van der Waals surface area contributed by atoms with Crippen molar-refractivity contribution in [2.75, 3.05) is 10.6 Å². The number of amides is 1. The van der Waals surface area contributed by atoms with Gasteiger partial charge in [0.2, 0.25) is 0 Å². The maximum absolute atomic E-state index is 12.9. The molecule has 0 saturated carbocycles. The van der Waals surface area contributed by atoms with Crippen molar-refractivity contribution in [3.8, 4) is 0 Å². The molecule has 3 aromatic rings. The molecule has 0 radical (unpaired) electrons. The number of rotatable bonds is 4. The van der Waals surface area contributed by atoms with Crippen LogP contribution in [0.5, 0.6) is 0 Å². The fourth-order valence-corrected chi connectivity index (χ4v) is 2.32. The molecule has 0 unspecified atom stereocenters. The molecule has 126 valence electrons. The van der Waals surface area contributed by atoms with Gasteiger partial charge in [-0.3, -0.25) is 4.79 Å². The normalized spacial score (nSPS) is 10.4. The lowest BCUT2D eigenvalue weighted by atomic mass is 10.1. The number of anilines is 3. The number of hydrogen-bond donors (Lipinski definition) is 2. The van der Waals surface area contributed by atoms with Crippen molar-refractivity contribution in [1.82, 2.24) is 4.98 Å². The van der Waals surface area contributed by atoms with E-state index in [1.165, 1.54) is 17.7 Å². The zero-order valence-corrected chi connectivity index (χ0v) is 14.0. The minimum atomic E-state index is -0.290. The lowest BCUT2D eigenvalue weighted by molar-refractivity contribution is 0.102. The van der Waals surface area contributed by atoms with Gasteiger partial charge in [0.1, 0.15) is 11.5 Å². The van der Waals surface area contributed by atoms with Crippen LogP contribution in [0.3, 0.4) is 0 Å². The predicted molar refractivity (Wildman–Crippen MR) is 97.8 cm³/mol. The van der Waals surface area contributed by atoms with Crippen LogP contribution < -0.4 is 10.6 Å². The Morgan fingerprint density at radius 3 is 2.20 bits per heavy atom. The molecule has 4 nitrogen and oxygen atoms in total. The van der Waals surface area contributed by atoms with Crippen molar-refractivity contribution in [1.29, 1.82) is 0 Å². The Morgan fingerprint density at radius 1 is 0.880 bits per heavy atom. The van der Waals surface area contributed by atoms with E-state index in [9.17, 15) is 9.18 Å². The van der Waals surface area contributed by atoms with Gasteiger partial charge in [0, 0.05) is 11.4 Å². The number of carbonyl (C=O) groups is 1. The molecular weight excluding hydrogens is 317 g/mol. The van der Waals surface area contributed by atoms with Gasteiger partial charge in [-0.2, -0.15) is 0 Å². The highest BCUT2D eigenvalue weighted by molar-refractivity contribution is 6.03. The highest BCUT2D eigenvalue weighted by Gasteiger charge is 2.08. The third kappa shape index (κ3) is 4.20. The Hall–Kier alpha value is -3.21. The van der Waals surface area contributed by atoms with E-state index in [4.69, 9.17) is 0 Å². The van der Waals surface area contributed by atoms with E-state index in [-0.39, 0.29) is 11.7 Å². The first-order valence-corrected chi connectivity index (χ1v) is 7.88. The second kappa shape index (κ2) is 7.13. The van der Waals surface area contributed by atoms with E-state index in [0.717, 1.165) is 16.9 Å². The van der Waals surface area contributed by atoms with Gasteiger partial charge in [-0.25, -0.2) is 9.37 Å². The van der Waals surface area contributed by atoms with Crippen LogP contribution in [0.1, 0.15) is 21.6 Å². The van der Waals surface area contributed by atoms with Gasteiger partial charge in [-0.1, -0.05) is 6.07 Å². The number of aryl methyl sites for hydroxylation is 2. The molecule has 0 bridgehead atoms. The summed E-state index contributed by atoms with van der Waals surface area (Å²) in [6.07, 6.45) is 1.57. The van der Waals surface area contributed by atoms with Gasteiger partial charge in [-0.05, 0) is 73.5 Å². The summed E-state index contributed by atoms with van der Waals surface area (Å²) in [5.74, 6) is -0.557. The molecule has 25 heavy (non-hydrogen) atoms. The molecular formula is C20H18FN3O. The Kier molecular flexibility index (Phi) is 4.75. The molecule has 0 spiro atoms. The predicted octanol–water partition coefficient (Wildman–Crippen LogP) is 4.83. The van der Waals surface area contributed by atoms with Gasteiger partial charge in [0.15, 0.2) is 0 Å². The van der Waals surface area contributed by atoms with Crippen molar-refractivity contribution in [3.63, 3.8) is 0 Å². The van der Waals surface area contributed by atoms with Crippen LogP contribution in [0.25, 0.3) is 0 Å². The summed E-state index contributed by atoms with van der Waals surface area (Å²) in [6.45, 7) is 4.02. The van der Waals surface area contributed by atoms with Crippen LogP contribution in [0.4, 0.5) is 21.5 Å². The van der Waals surface area contributed by atoms with Gasteiger partial charge >= 0.3 is 0 Å². The Morgan fingerprint density at radius 2 is 1.56 bits per heavy atom. The minimum absolute atomic E-state index is 0.267. The standard InChI is InChI=1S/C20H18FN3O/c1-13-3-6-17(11-14(13)2)24-20(25)19-10-9-18(12-22-19)23-16-7-4-15(21)5-8-16/h3-12,23H,1-2H3,(H,24,25). The summed E-state index contributed by atoms with van der Waals surface area (Å²) >= 11 is 0. The second-order valence-corrected chi connectivity index (χ2v) is 5.82. The average molecular weight is 335 g/mol. The summed E-state index contributed by atoms with van der Waals surface area (Å²) in [4.78, 5) is 16.5. The molecule has 0 saturated heterocycles. The molecule has 3 rings (SSSR count). The minimum Gasteiger partial charge on any atom is -0.354 e. The Labute approximate surface area is 145 Å². The maximum Gasteiger partial charge on any atom is 0.274 e. The van der Waals surface area contributed by atoms with Gasteiger partial charge in [-0.15, -0.1) is 0 Å². The SMILES string of the molecule is Cc1ccc(NC(=O)c2ccc(Nc3ccc(F)cc3)cn2)cc1C. The number of pyridine rings is 1. The van der Waals surface area contributed by atoms with E-state index in [0.29, 0.717) is 11.4 Å². The zero-order chi connectivity index (χ0) is 17.8. The number of aromatic nitrogens is 1. The topological polar surface area (TPSA) is 54.0 Å². The van der Waals surface area contributed by atoms with Crippen molar-refractivity contribution in [3.05, 3.63) is 83.4 Å². The van der Waals surface area contributed by atoms with Crippen molar-refractivity contribution in [2.24, 2.45) is 0 Å². The zero-order valence-electron chi connectivity index (χ0n) is 14.0. The van der Waals surface area contributed by atoms with Crippen LogP contribution in [-0.2, 0) is 0 Å². The molecule has 1 aromatic heterocycles. The van der Waals surface area contributed by atoms with Crippen LogP contribution in [-0.4, -0.2) is 10.9 Å². The molecule has 0 aliphatic carbocycles. The highest BCUT2D eigenvalue weighted by Crippen LogP contribution is 2.18. The van der Waals surface area contributed by atoms with Crippen LogP contribution in [0.2, 0.25) is 0 Å². The van der Waals surface area contributed by atoms with Gasteiger partial charge < -0.3 is 10.6 Å². The second-order valence-electron chi connectivity index (χ2n) is 5.82. The Bertz CT molecular complexity index is 890. The van der Waals surface area contributed by atoms with Crippen molar-refractivity contribution >= 4 is 23.0 Å². The molecule has 0 aliphatic heterocycles. The fourth-order valence-electron chi connectivity index (χ4n) is 2.32. The van der Waals surface area contributed by atoms with E-state index in [1.807, 2.05) is 32.0 Å². The van der Waals surface area contributed by atoms with E-state index in [2.05, 4.69) is 15.6 Å². The first-order chi connectivity index (χ1) is 12.0. The lowest BCUT2D eigenvalue weighted by Crippen LogP contribution is -2.13. The van der Waals surface area contributed by atoms with Crippen LogP contribution in [0.15, 0.2) is 60.8 Å². The highest BCUT2D eigenvalue weighted by atomic mass is 19.1. The van der Waals surface area contributed by atoms with Crippen molar-refractivity contribution in [2.45, 2.75) is 13.8 Å². The third-order valence-electron chi connectivity index (χ3n) is 3.89. The summed E-state index contributed by atoms with van der Waals surface area (Å²) in [5.41, 5.74) is 4.81. The van der Waals surface area contributed by atoms with Gasteiger partial charge in [0.05, 0.1) is 11.9 Å². The molecule has 2 N–H and O–H groups in total. The number of hydrogen-bond acceptors (Lipinski definition) is 3. The van der Waals surface area contributed by atoms with Crippen LogP contribution >= 0.6 is 0 Å². The summed E-state index contributed by atoms with van der Waals surface area (Å²) < 4.78 is 12.9. The Balaban J connectivity index is 1.67. The quantitative estimate of drug-likeness (QED) is 0.718. The smallest absolute Gasteiger partial charge is 0.274 e. The number of halogens is 1. The summed E-state index contributed by atoms with van der Waals surface area (Å²) in [6, 6.07) is 15.2. The first-order valence-electron chi connectivity index (χ1n) is 7.88. The number of nitrogens with zero attached hydrogens (tertiary/aromatic N) is 1. The average Bonchev–Trinajstić information content (AvgIpc) is 2.61. The van der Waals surface area contributed by atoms with E-state index >= 15 is 0 Å². The van der Waals surface area contributed by atoms with Crippen molar-refractivity contribution < 1.29 is 9.18 Å². The third-order valence-corrected chi connectivity index (χ3v) is 3.89. The fraction of sp³-hybridized carbons (Fsp3) is 0.100. The van der Waals surface area contributed by atoms with E-state index < -0.39 is 0 Å². The molecule has 0 aliphatic rings. The maximum atomic E-state index is 12.9. The van der Waals surface area contributed by atoms with Crippen LogP contribution in [0, 0.1) is 19.7 Å². The first kappa shape index (κ1) is 16.6. The lowest BCUT2D eigenvalue weighted by Gasteiger charge is -2.09. The number of carbonyl (C=O) groups excluding carboxylic acids is 1. The molecule has 1 heterocycles. The van der Waals surface area contributed by atoms with Gasteiger partial charge in [0.25, 0.3) is 5.91 Å². The number of nitrogens with one attached hydrogen (secondary N) is 2. The molecule has 0 fully saturated rings. The summed E-state index contributed by atoms with van der Waals surface area (Å²) in [7, 11) is 0. The largest absolute Gasteiger partial charge is 0.354 e. The monoisotopic (exact) mass is 335 g/mol.